The molecule has 1 aliphatic heterocycles. The number of nitrogens with zero attached hydrogens (tertiary/aromatic N) is 2. The summed E-state index contributed by atoms with van der Waals surface area (Å²) in [5.41, 5.74) is 0.943. The standard InChI is InChI=1S/C13H19ClN2OS/c1-3-13(4-2)5-6-16(9-13)12-15-10(8-18-12)11(17)7-14/h8H,3-7,9H2,1-2H3. The smallest absolute Gasteiger partial charge is 0.196 e. The van der Waals surface area contributed by atoms with Crippen LogP contribution in [0.3, 0.4) is 0 Å². The molecule has 100 valence electrons. The van der Waals surface area contributed by atoms with Gasteiger partial charge in [-0.3, -0.25) is 4.79 Å². The van der Waals surface area contributed by atoms with Gasteiger partial charge in [-0.15, -0.1) is 22.9 Å². The maximum Gasteiger partial charge on any atom is 0.196 e. The molecule has 2 heterocycles. The maximum absolute atomic E-state index is 11.5. The number of carbonyl (C=O) groups is 1. The fourth-order valence-electron chi connectivity index (χ4n) is 2.53. The molecule has 18 heavy (non-hydrogen) atoms. The second-order valence-electron chi connectivity index (χ2n) is 4.95. The molecule has 0 radical (unpaired) electrons. The summed E-state index contributed by atoms with van der Waals surface area (Å²) < 4.78 is 0. The van der Waals surface area contributed by atoms with E-state index < -0.39 is 0 Å². The first-order valence-corrected chi connectivity index (χ1v) is 7.85. The van der Waals surface area contributed by atoms with E-state index >= 15 is 0 Å². The molecule has 0 aromatic carbocycles. The zero-order chi connectivity index (χ0) is 13.2. The normalized spacial score (nSPS) is 18.3. The van der Waals surface area contributed by atoms with Crippen molar-refractivity contribution in [2.45, 2.75) is 33.1 Å². The zero-order valence-corrected chi connectivity index (χ0v) is 12.5. The third-order valence-corrected chi connectivity index (χ3v) is 5.25. The Bertz CT molecular complexity index is 428. The lowest BCUT2D eigenvalue weighted by Gasteiger charge is -2.26. The molecule has 0 saturated carbocycles. The maximum atomic E-state index is 11.5. The van der Waals surface area contributed by atoms with Crippen LogP contribution in [-0.2, 0) is 0 Å². The monoisotopic (exact) mass is 286 g/mol. The second kappa shape index (κ2) is 5.57. The van der Waals surface area contributed by atoms with Gasteiger partial charge in [0.25, 0.3) is 0 Å². The summed E-state index contributed by atoms with van der Waals surface area (Å²) in [5.74, 6) is -0.0765. The number of halogens is 1. The van der Waals surface area contributed by atoms with Gasteiger partial charge in [-0.1, -0.05) is 13.8 Å². The minimum atomic E-state index is -0.0874. The summed E-state index contributed by atoms with van der Waals surface area (Å²) >= 11 is 7.09. The molecular formula is C13H19ClN2OS. The summed E-state index contributed by atoms with van der Waals surface area (Å²) in [6.45, 7) is 6.63. The Kier molecular flexibility index (Phi) is 4.28. The van der Waals surface area contributed by atoms with Crippen molar-refractivity contribution in [1.82, 2.24) is 4.98 Å². The van der Waals surface area contributed by atoms with Gasteiger partial charge in [-0.05, 0) is 24.7 Å². The number of anilines is 1. The van der Waals surface area contributed by atoms with Gasteiger partial charge in [0.2, 0.25) is 0 Å². The molecule has 3 nitrogen and oxygen atoms in total. The lowest BCUT2D eigenvalue weighted by atomic mass is 9.82. The number of thiazole rings is 1. The van der Waals surface area contributed by atoms with E-state index in [2.05, 4.69) is 23.7 Å². The van der Waals surface area contributed by atoms with Gasteiger partial charge >= 0.3 is 0 Å². The molecule has 0 aliphatic carbocycles. The van der Waals surface area contributed by atoms with Crippen LogP contribution in [0.5, 0.6) is 0 Å². The molecule has 5 heteroatoms. The Hall–Kier alpha value is -0.610. The Balaban J connectivity index is 2.10. The first-order chi connectivity index (χ1) is 8.64. The topological polar surface area (TPSA) is 33.2 Å². The molecule has 0 bridgehead atoms. The van der Waals surface area contributed by atoms with Crippen molar-refractivity contribution in [2.24, 2.45) is 5.41 Å². The van der Waals surface area contributed by atoms with Gasteiger partial charge in [0, 0.05) is 18.5 Å². The number of ketones is 1. The van der Waals surface area contributed by atoms with E-state index in [-0.39, 0.29) is 11.7 Å². The molecule has 0 unspecified atom stereocenters. The molecule has 1 aromatic heterocycles. The molecule has 0 N–H and O–H groups in total. The number of Topliss-reactive ketones (excluding diaryl/α,β-unsaturated/α-hetero) is 1. The van der Waals surface area contributed by atoms with Crippen molar-refractivity contribution >= 4 is 33.9 Å². The molecule has 0 spiro atoms. The number of rotatable bonds is 5. The number of alkyl halides is 1. The van der Waals surface area contributed by atoms with Crippen LogP contribution >= 0.6 is 22.9 Å². The lowest BCUT2D eigenvalue weighted by Crippen LogP contribution is -2.26. The van der Waals surface area contributed by atoms with Crippen LogP contribution in [0, 0.1) is 5.41 Å². The van der Waals surface area contributed by atoms with Crippen molar-refractivity contribution < 1.29 is 4.79 Å². The van der Waals surface area contributed by atoms with E-state index in [1.165, 1.54) is 19.3 Å². The van der Waals surface area contributed by atoms with E-state index in [1.807, 2.05) is 5.38 Å². The van der Waals surface area contributed by atoms with E-state index in [0.717, 1.165) is 18.2 Å². The van der Waals surface area contributed by atoms with Crippen LogP contribution in [0.2, 0.25) is 0 Å². The summed E-state index contributed by atoms with van der Waals surface area (Å²) in [5, 5.41) is 2.78. The fraction of sp³-hybridized carbons (Fsp3) is 0.692. The molecular weight excluding hydrogens is 268 g/mol. The molecule has 2 rings (SSSR count). The zero-order valence-electron chi connectivity index (χ0n) is 10.9. The van der Waals surface area contributed by atoms with Crippen LogP contribution in [0.25, 0.3) is 0 Å². The predicted molar refractivity (Wildman–Crippen MR) is 77.0 cm³/mol. The average molecular weight is 287 g/mol. The first kappa shape index (κ1) is 13.8. The highest BCUT2D eigenvalue weighted by atomic mass is 35.5. The molecule has 0 amide bonds. The van der Waals surface area contributed by atoms with Gasteiger partial charge in [0.15, 0.2) is 10.9 Å². The van der Waals surface area contributed by atoms with Crippen LogP contribution in [-0.4, -0.2) is 29.7 Å². The van der Waals surface area contributed by atoms with Gasteiger partial charge in [-0.25, -0.2) is 4.98 Å². The quantitative estimate of drug-likeness (QED) is 0.613. The van der Waals surface area contributed by atoms with Crippen LogP contribution in [0.4, 0.5) is 5.13 Å². The molecule has 1 aliphatic rings. The van der Waals surface area contributed by atoms with Crippen molar-refractivity contribution in [1.29, 1.82) is 0 Å². The van der Waals surface area contributed by atoms with Crippen LogP contribution in [0.15, 0.2) is 5.38 Å². The summed E-state index contributed by atoms with van der Waals surface area (Å²) in [6.07, 6.45) is 3.63. The Labute approximate surface area is 117 Å². The first-order valence-electron chi connectivity index (χ1n) is 6.44. The van der Waals surface area contributed by atoms with Crippen molar-refractivity contribution in [3.05, 3.63) is 11.1 Å². The minimum Gasteiger partial charge on any atom is -0.348 e. The third kappa shape index (κ3) is 2.54. The molecule has 1 fully saturated rings. The summed E-state index contributed by atoms with van der Waals surface area (Å²) in [6, 6.07) is 0. The summed E-state index contributed by atoms with van der Waals surface area (Å²) in [7, 11) is 0. The molecule has 0 atom stereocenters. The number of hydrogen-bond acceptors (Lipinski definition) is 4. The average Bonchev–Trinajstić information content (AvgIpc) is 3.04. The number of aromatic nitrogens is 1. The third-order valence-electron chi connectivity index (χ3n) is 4.11. The van der Waals surface area contributed by atoms with Gasteiger partial charge in [0.05, 0.1) is 5.88 Å². The van der Waals surface area contributed by atoms with Gasteiger partial charge in [-0.2, -0.15) is 0 Å². The highest BCUT2D eigenvalue weighted by Gasteiger charge is 2.36. The highest BCUT2D eigenvalue weighted by molar-refractivity contribution is 7.14. The Morgan fingerprint density at radius 2 is 2.28 bits per heavy atom. The summed E-state index contributed by atoms with van der Waals surface area (Å²) in [4.78, 5) is 18.2. The van der Waals surface area contributed by atoms with Crippen LogP contribution in [0.1, 0.15) is 43.6 Å². The van der Waals surface area contributed by atoms with E-state index in [9.17, 15) is 4.79 Å². The molecule has 1 aromatic rings. The van der Waals surface area contributed by atoms with Gasteiger partial charge < -0.3 is 4.90 Å². The lowest BCUT2D eigenvalue weighted by molar-refractivity contribution is 0.101. The highest BCUT2D eigenvalue weighted by Crippen LogP contribution is 2.39. The largest absolute Gasteiger partial charge is 0.348 e. The predicted octanol–water partition coefficient (Wildman–Crippen LogP) is 3.58. The minimum absolute atomic E-state index is 0.0109. The van der Waals surface area contributed by atoms with Gasteiger partial charge in [0.1, 0.15) is 5.69 Å². The van der Waals surface area contributed by atoms with Crippen molar-refractivity contribution in [2.75, 3.05) is 23.9 Å². The number of carbonyl (C=O) groups excluding carboxylic acids is 1. The number of hydrogen-bond donors (Lipinski definition) is 0. The van der Waals surface area contributed by atoms with E-state index in [1.54, 1.807) is 11.3 Å². The second-order valence-corrected chi connectivity index (χ2v) is 6.05. The fourth-order valence-corrected chi connectivity index (χ4v) is 3.53. The Morgan fingerprint density at radius 3 is 2.83 bits per heavy atom. The SMILES string of the molecule is CCC1(CC)CCN(c2nc(C(=O)CCl)cs2)C1. The van der Waals surface area contributed by atoms with Crippen molar-refractivity contribution in [3.63, 3.8) is 0 Å². The van der Waals surface area contributed by atoms with Crippen LogP contribution < -0.4 is 4.90 Å². The van der Waals surface area contributed by atoms with E-state index in [4.69, 9.17) is 11.6 Å². The molecule has 1 saturated heterocycles. The Morgan fingerprint density at radius 1 is 1.56 bits per heavy atom. The van der Waals surface area contributed by atoms with Crippen molar-refractivity contribution in [3.8, 4) is 0 Å². The van der Waals surface area contributed by atoms with E-state index in [0.29, 0.717) is 11.1 Å².